The van der Waals surface area contributed by atoms with Gasteiger partial charge < -0.3 is 34.4 Å². The van der Waals surface area contributed by atoms with E-state index >= 15 is 0 Å². The summed E-state index contributed by atoms with van der Waals surface area (Å²) in [6.45, 7) is 2.57. The molecule has 13 heteroatoms. The van der Waals surface area contributed by atoms with E-state index in [4.69, 9.17) is 24.1 Å². The molecule has 2 aromatic rings. The van der Waals surface area contributed by atoms with Crippen LogP contribution in [0.25, 0.3) is 0 Å². The molecule has 0 aliphatic carbocycles. The molecule has 4 bridgehead atoms. The Morgan fingerprint density at radius 3 is 2.67 bits per heavy atom. The van der Waals surface area contributed by atoms with Crippen molar-refractivity contribution in [3.8, 4) is 17.6 Å². The largest absolute Gasteiger partial charge is 0.490 e. The van der Waals surface area contributed by atoms with Gasteiger partial charge in [0.05, 0.1) is 31.4 Å². The minimum absolute atomic E-state index is 0.000447. The second-order valence-corrected chi connectivity index (χ2v) is 11.6. The third-order valence-corrected chi connectivity index (χ3v) is 8.78. The number of hydrogen-bond acceptors (Lipinski definition) is 8. The first-order chi connectivity index (χ1) is 21.8. The summed E-state index contributed by atoms with van der Waals surface area (Å²) in [5.41, 5.74) is 0.423. The van der Waals surface area contributed by atoms with Gasteiger partial charge in [-0.3, -0.25) is 19.2 Å². The van der Waals surface area contributed by atoms with Crippen LogP contribution in [0.4, 0.5) is 4.39 Å². The van der Waals surface area contributed by atoms with Gasteiger partial charge in [-0.25, -0.2) is 4.39 Å². The summed E-state index contributed by atoms with van der Waals surface area (Å²) in [6.07, 6.45) is 1.80. The Labute approximate surface area is 259 Å². The number of hydrogen-bond donors (Lipinski definition) is 2. The smallest absolute Gasteiger partial charge is 0.290 e. The number of ether oxygens (including phenoxy) is 3. The average Bonchev–Trinajstić information content (AvgIpc) is 3.45. The van der Waals surface area contributed by atoms with Gasteiger partial charge in [0, 0.05) is 67.8 Å². The van der Waals surface area contributed by atoms with Crippen LogP contribution in [0.5, 0.6) is 11.5 Å². The SMILES string of the molecule is N#Cc1cc(F)cc(C(=O)N2CCCOc3cccc4c3OC[C@@]3(CNC(=O)C2)CN(C(=O)C2CCOCC2)C[C@@H]43)c1.O=CO. The van der Waals surface area contributed by atoms with Crippen molar-refractivity contribution in [2.75, 3.05) is 59.2 Å². The fraction of sp³-hybridized carbons (Fsp3) is 0.469. The van der Waals surface area contributed by atoms with Gasteiger partial charge in [0.1, 0.15) is 5.82 Å². The molecule has 5 aliphatic heterocycles. The predicted octanol–water partition coefficient (Wildman–Crippen LogP) is 2.17. The molecule has 5 heterocycles. The van der Waals surface area contributed by atoms with E-state index in [0.29, 0.717) is 63.7 Å². The molecule has 45 heavy (non-hydrogen) atoms. The van der Waals surface area contributed by atoms with Crippen LogP contribution in [0, 0.1) is 28.5 Å². The van der Waals surface area contributed by atoms with Crippen LogP contribution in [0.3, 0.4) is 0 Å². The summed E-state index contributed by atoms with van der Waals surface area (Å²) in [5, 5.41) is 19.1. The first-order valence-electron chi connectivity index (χ1n) is 14.9. The molecule has 0 aromatic heterocycles. The molecule has 3 amide bonds. The Morgan fingerprint density at radius 1 is 1.13 bits per heavy atom. The summed E-state index contributed by atoms with van der Waals surface area (Å²) in [7, 11) is 0. The molecule has 2 saturated heterocycles. The van der Waals surface area contributed by atoms with Gasteiger partial charge in [0.2, 0.25) is 11.8 Å². The van der Waals surface area contributed by atoms with Gasteiger partial charge in [-0.1, -0.05) is 12.1 Å². The van der Waals surface area contributed by atoms with Crippen molar-refractivity contribution in [3.63, 3.8) is 0 Å². The fourth-order valence-corrected chi connectivity index (χ4v) is 6.59. The number of carbonyl (C=O) groups is 4. The van der Waals surface area contributed by atoms with Crippen LogP contribution in [-0.2, 0) is 19.1 Å². The van der Waals surface area contributed by atoms with Crippen molar-refractivity contribution in [2.45, 2.75) is 25.2 Å². The number of benzene rings is 2. The predicted molar refractivity (Wildman–Crippen MR) is 156 cm³/mol. The third kappa shape index (κ3) is 6.86. The second kappa shape index (κ2) is 13.9. The van der Waals surface area contributed by atoms with Crippen LogP contribution >= 0.6 is 0 Å². The van der Waals surface area contributed by atoms with Crippen LogP contribution in [0.15, 0.2) is 36.4 Å². The number of halogens is 1. The molecule has 0 unspecified atom stereocenters. The van der Waals surface area contributed by atoms with Crippen molar-refractivity contribution >= 4 is 24.2 Å². The molecule has 2 N–H and O–H groups in total. The zero-order chi connectivity index (χ0) is 32.0. The van der Waals surface area contributed by atoms with Gasteiger partial charge in [0.15, 0.2) is 11.5 Å². The summed E-state index contributed by atoms with van der Waals surface area (Å²) in [6, 6.07) is 11.1. The summed E-state index contributed by atoms with van der Waals surface area (Å²) >= 11 is 0. The highest BCUT2D eigenvalue weighted by atomic mass is 19.1. The van der Waals surface area contributed by atoms with Crippen LogP contribution in [-0.4, -0.2) is 98.3 Å². The monoisotopic (exact) mass is 622 g/mol. The summed E-state index contributed by atoms with van der Waals surface area (Å²) < 4.78 is 32.0. The number of nitrogens with zero attached hydrogens (tertiary/aromatic N) is 3. The Morgan fingerprint density at radius 2 is 1.91 bits per heavy atom. The first kappa shape index (κ1) is 31.7. The van der Waals surface area contributed by atoms with Crippen LogP contribution < -0.4 is 14.8 Å². The Hall–Kier alpha value is -4.70. The molecule has 12 nitrogen and oxygen atoms in total. The highest BCUT2D eigenvalue weighted by Crippen LogP contribution is 2.52. The zero-order valence-corrected chi connectivity index (χ0v) is 24.7. The molecule has 2 atom stereocenters. The van der Waals surface area contributed by atoms with E-state index in [9.17, 15) is 24.0 Å². The number of carboxylic acid groups (broad SMARTS) is 1. The average molecular weight is 623 g/mol. The van der Waals surface area contributed by atoms with Crippen molar-refractivity contribution in [2.24, 2.45) is 11.3 Å². The van der Waals surface area contributed by atoms with E-state index in [-0.39, 0.29) is 67.5 Å². The standard InChI is InChI=1S/C31H33FN4O6.CH2O2/c32-23-12-20(14-33)11-22(13-23)30(39)35-7-2-8-41-26-4-1-3-24-25-15-36(29(38)21-5-9-40-10-6-21)18-31(25,19-42-28(24)26)17-34-27(37)16-35;2-1-3/h1,3-4,11-13,21,25H,2,5-10,15-19H2,(H,34,37);1H,(H,2,3)/t25-,31+;/m0./s1. The van der Waals surface area contributed by atoms with Gasteiger partial charge >= 0.3 is 0 Å². The number of fused-ring (bicyclic) bond motifs is 9. The minimum Gasteiger partial charge on any atom is -0.490 e. The highest BCUT2D eigenvalue weighted by molar-refractivity contribution is 5.96. The molecule has 2 fully saturated rings. The van der Waals surface area contributed by atoms with E-state index in [1.807, 2.05) is 29.2 Å². The van der Waals surface area contributed by atoms with Crippen molar-refractivity contribution in [1.82, 2.24) is 15.1 Å². The lowest BCUT2D eigenvalue weighted by atomic mass is 9.73. The van der Waals surface area contributed by atoms with E-state index in [0.717, 1.165) is 17.7 Å². The van der Waals surface area contributed by atoms with E-state index in [1.165, 1.54) is 11.0 Å². The van der Waals surface area contributed by atoms with E-state index in [2.05, 4.69) is 5.32 Å². The third-order valence-electron chi connectivity index (χ3n) is 8.78. The Kier molecular flexibility index (Phi) is 9.83. The minimum atomic E-state index is -0.698. The molecular weight excluding hydrogens is 587 g/mol. The quantitative estimate of drug-likeness (QED) is 0.479. The number of amides is 3. The molecule has 0 radical (unpaired) electrons. The zero-order valence-electron chi connectivity index (χ0n) is 24.7. The first-order valence-corrected chi connectivity index (χ1v) is 14.9. The van der Waals surface area contributed by atoms with Crippen molar-refractivity contribution in [1.29, 1.82) is 5.26 Å². The van der Waals surface area contributed by atoms with Gasteiger partial charge in [0.25, 0.3) is 12.4 Å². The topological polar surface area (TPSA) is 158 Å². The van der Waals surface area contributed by atoms with Gasteiger partial charge in [-0.2, -0.15) is 5.26 Å². The molecule has 1 spiro atoms. The van der Waals surface area contributed by atoms with E-state index < -0.39 is 17.1 Å². The van der Waals surface area contributed by atoms with Crippen molar-refractivity contribution < 1.29 is 42.9 Å². The molecule has 5 aliphatic rings. The molecular formula is C32H35FN4O8. The maximum Gasteiger partial charge on any atom is 0.290 e. The lowest BCUT2D eigenvalue weighted by molar-refractivity contribution is -0.138. The fourth-order valence-electron chi connectivity index (χ4n) is 6.59. The second-order valence-electron chi connectivity index (χ2n) is 11.6. The highest BCUT2D eigenvalue weighted by Gasteiger charge is 2.53. The Balaban J connectivity index is 0.00000128. The number of rotatable bonds is 2. The van der Waals surface area contributed by atoms with Crippen LogP contribution in [0.1, 0.15) is 46.7 Å². The normalized spacial score (nSPS) is 23.1. The number of carbonyl (C=O) groups excluding carboxylic acids is 3. The Bertz CT molecular complexity index is 1490. The van der Waals surface area contributed by atoms with Crippen molar-refractivity contribution in [3.05, 3.63) is 58.9 Å². The number of likely N-dealkylation sites (tertiary alicyclic amines) is 1. The summed E-state index contributed by atoms with van der Waals surface area (Å²) in [5.74, 6) is -0.431. The van der Waals surface area contributed by atoms with Gasteiger partial charge in [-0.05, 0) is 43.5 Å². The summed E-state index contributed by atoms with van der Waals surface area (Å²) in [4.78, 5) is 51.9. The number of nitriles is 1. The number of nitrogens with one attached hydrogen (secondary N) is 1. The van der Waals surface area contributed by atoms with E-state index in [1.54, 1.807) is 0 Å². The molecule has 2 aromatic carbocycles. The number of para-hydroxylation sites is 1. The lowest BCUT2D eigenvalue weighted by Crippen LogP contribution is -2.50. The molecule has 238 valence electrons. The molecule has 7 rings (SSSR count). The maximum atomic E-state index is 14.1. The lowest BCUT2D eigenvalue weighted by Gasteiger charge is -2.40. The maximum absolute atomic E-state index is 14.1. The van der Waals surface area contributed by atoms with Gasteiger partial charge in [-0.15, -0.1) is 0 Å². The molecule has 0 saturated carbocycles. The van der Waals surface area contributed by atoms with Crippen LogP contribution in [0.2, 0.25) is 0 Å².